The average Bonchev–Trinajstić information content (AvgIpc) is 2.78. The first-order valence-electron chi connectivity index (χ1n) is 9.96. The highest BCUT2D eigenvalue weighted by molar-refractivity contribution is 7.92. The molecule has 12 heteroatoms. The second-order valence-electron chi connectivity index (χ2n) is 7.21. The average molecular weight is 486 g/mol. The summed E-state index contributed by atoms with van der Waals surface area (Å²) in [5.74, 6) is 0.0125. The van der Waals surface area contributed by atoms with Crippen molar-refractivity contribution in [3.63, 3.8) is 0 Å². The van der Waals surface area contributed by atoms with Gasteiger partial charge >= 0.3 is 0 Å². The topological polar surface area (TPSA) is 130 Å². The number of benzene rings is 1. The monoisotopic (exact) mass is 485 g/mol. The van der Waals surface area contributed by atoms with E-state index in [0.717, 1.165) is 0 Å². The van der Waals surface area contributed by atoms with Crippen LogP contribution in [0.3, 0.4) is 0 Å². The Hall–Kier alpha value is -4.06. The fourth-order valence-electron chi connectivity index (χ4n) is 2.72. The molecule has 0 atom stereocenters. The molecular weight excluding hydrogens is 461 g/mol. The SMILES string of the molecule is C=CCNC(=O)c1cnc(Nc2ccc(F)c(OC)c2)nc1Nc1cccc(N=S(C)(C)=O)n1. The number of nitrogens with one attached hydrogen (secondary N) is 3. The predicted molar refractivity (Wildman–Crippen MR) is 130 cm³/mol. The zero-order valence-electron chi connectivity index (χ0n) is 18.8. The van der Waals surface area contributed by atoms with E-state index in [2.05, 4.69) is 41.8 Å². The summed E-state index contributed by atoms with van der Waals surface area (Å²) in [6, 6.07) is 9.15. The highest BCUT2D eigenvalue weighted by Crippen LogP contribution is 2.25. The number of ether oxygens (including phenoxy) is 1. The van der Waals surface area contributed by atoms with Gasteiger partial charge in [0, 0.05) is 46.7 Å². The lowest BCUT2D eigenvalue weighted by molar-refractivity contribution is 0.0958. The van der Waals surface area contributed by atoms with Crippen molar-refractivity contribution in [2.45, 2.75) is 0 Å². The Balaban J connectivity index is 1.97. The molecule has 2 aromatic heterocycles. The first-order valence-corrected chi connectivity index (χ1v) is 12.3. The number of methoxy groups -OCH3 is 1. The van der Waals surface area contributed by atoms with Crippen LogP contribution in [0.2, 0.25) is 0 Å². The number of hydrogen-bond acceptors (Lipinski definition) is 9. The molecule has 10 nitrogen and oxygen atoms in total. The molecule has 0 aliphatic heterocycles. The summed E-state index contributed by atoms with van der Waals surface area (Å²) in [5, 5.41) is 8.61. The van der Waals surface area contributed by atoms with Crippen LogP contribution in [-0.2, 0) is 9.73 Å². The number of carbonyl (C=O) groups is 1. The third kappa shape index (κ3) is 6.72. The number of rotatable bonds is 9. The number of aromatic nitrogens is 3. The van der Waals surface area contributed by atoms with Crippen molar-refractivity contribution < 1.29 is 18.1 Å². The van der Waals surface area contributed by atoms with Gasteiger partial charge in [0.2, 0.25) is 5.95 Å². The zero-order valence-corrected chi connectivity index (χ0v) is 19.6. The van der Waals surface area contributed by atoms with Gasteiger partial charge in [-0.05, 0) is 24.3 Å². The van der Waals surface area contributed by atoms with Gasteiger partial charge in [0.25, 0.3) is 5.91 Å². The summed E-state index contributed by atoms with van der Waals surface area (Å²) in [5.41, 5.74) is 0.635. The summed E-state index contributed by atoms with van der Waals surface area (Å²) >= 11 is 0. The van der Waals surface area contributed by atoms with Crippen molar-refractivity contribution in [1.29, 1.82) is 0 Å². The van der Waals surface area contributed by atoms with E-state index in [1.54, 1.807) is 24.3 Å². The largest absolute Gasteiger partial charge is 0.494 e. The second-order valence-corrected chi connectivity index (χ2v) is 9.75. The van der Waals surface area contributed by atoms with Gasteiger partial charge in [-0.25, -0.2) is 18.6 Å². The molecule has 0 aliphatic carbocycles. The molecule has 3 rings (SSSR count). The molecule has 0 spiro atoms. The summed E-state index contributed by atoms with van der Waals surface area (Å²) in [6.45, 7) is 3.84. The van der Waals surface area contributed by atoms with Crippen LogP contribution in [0.5, 0.6) is 5.75 Å². The first-order chi connectivity index (χ1) is 16.2. The Morgan fingerprint density at radius 3 is 2.74 bits per heavy atom. The van der Waals surface area contributed by atoms with Crippen molar-refractivity contribution in [1.82, 2.24) is 20.3 Å². The van der Waals surface area contributed by atoms with E-state index in [1.807, 2.05) is 0 Å². The molecule has 0 unspecified atom stereocenters. The Labute approximate surface area is 196 Å². The lowest BCUT2D eigenvalue weighted by Gasteiger charge is -2.13. The molecular formula is C22H24FN7O3S. The van der Waals surface area contributed by atoms with Crippen LogP contribution >= 0.6 is 0 Å². The maximum Gasteiger partial charge on any atom is 0.256 e. The Morgan fingerprint density at radius 1 is 1.24 bits per heavy atom. The maximum atomic E-state index is 13.7. The van der Waals surface area contributed by atoms with Gasteiger partial charge in [-0.1, -0.05) is 12.1 Å². The van der Waals surface area contributed by atoms with Crippen LogP contribution in [0.4, 0.5) is 33.5 Å². The van der Waals surface area contributed by atoms with Crippen molar-refractivity contribution in [3.05, 3.63) is 66.6 Å². The molecule has 0 aliphatic rings. The van der Waals surface area contributed by atoms with Gasteiger partial charge in [0.05, 0.1) is 7.11 Å². The van der Waals surface area contributed by atoms with Gasteiger partial charge in [-0.2, -0.15) is 9.35 Å². The van der Waals surface area contributed by atoms with Crippen LogP contribution in [0.15, 0.2) is 59.6 Å². The molecule has 2 heterocycles. The number of halogens is 1. The first kappa shape index (κ1) is 24.6. The van der Waals surface area contributed by atoms with E-state index in [0.29, 0.717) is 11.5 Å². The van der Waals surface area contributed by atoms with E-state index in [1.165, 1.54) is 44.0 Å². The van der Waals surface area contributed by atoms with Crippen molar-refractivity contribution >= 4 is 44.7 Å². The van der Waals surface area contributed by atoms with Gasteiger partial charge in [0.1, 0.15) is 17.2 Å². The second kappa shape index (κ2) is 10.7. The minimum Gasteiger partial charge on any atom is -0.494 e. The van der Waals surface area contributed by atoms with Gasteiger partial charge in [-0.3, -0.25) is 4.79 Å². The third-order valence-corrected chi connectivity index (χ3v) is 4.77. The van der Waals surface area contributed by atoms with E-state index in [4.69, 9.17) is 4.74 Å². The van der Waals surface area contributed by atoms with E-state index in [9.17, 15) is 13.4 Å². The summed E-state index contributed by atoms with van der Waals surface area (Å²) in [6.07, 6.45) is 5.90. The predicted octanol–water partition coefficient (Wildman–Crippen LogP) is 3.78. The highest BCUT2D eigenvalue weighted by Gasteiger charge is 2.16. The summed E-state index contributed by atoms with van der Waals surface area (Å²) in [7, 11) is -1.05. The fourth-order valence-corrected chi connectivity index (χ4v) is 3.27. The van der Waals surface area contributed by atoms with Gasteiger partial charge < -0.3 is 20.7 Å². The van der Waals surface area contributed by atoms with Crippen LogP contribution < -0.4 is 20.7 Å². The molecule has 178 valence electrons. The molecule has 0 saturated carbocycles. The Morgan fingerprint density at radius 2 is 2.03 bits per heavy atom. The lowest BCUT2D eigenvalue weighted by atomic mass is 10.2. The molecule has 1 aromatic carbocycles. The van der Waals surface area contributed by atoms with E-state index < -0.39 is 21.5 Å². The van der Waals surface area contributed by atoms with Crippen molar-refractivity contribution in [3.8, 4) is 5.75 Å². The maximum absolute atomic E-state index is 13.7. The lowest BCUT2D eigenvalue weighted by Crippen LogP contribution is -2.25. The van der Waals surface area contributed by atoms with Gasteiger partial charge in [-0.15, -0.1) is 6.58 Å². The standard InChI is InChI=1S/C22H24FN7O3S/c1-5-11-24-21(31)15-13-25-22(26-14-9-10-16(23)17(12-14)33-2)29-20(15)28-18-7-6-8-19(27-18)30-34(3,4)32/h5-10,12-13H,1,11H2,2-4H3,(H,24,31)(H2,25,26,27,28,29). The highest BCUT2D eigenvalue weighted by atomic mass is 32.2. The number of nitrogens with zero attached hydrogens (tertiary/aromatic N) is 4. The van der Waals surface area contributed by atoms with E-state index >= 15 is 0 Å². The van der Waals surface area contributed by atoms with Crippen LogP contribution in [0.1, 0.15) is 10.4 Å². The minimum absolute atomic E-state index is 0.0527. The fraction of sp³-hybridized carbons (Fsp3) is 0.182. The molecule has 0 bridgehead atoms. The molecule has 3 N–H and O–H groups in total. The quantitative estimate of drug-likeness (QED) is 0.390. The number of anilines is 4. The number of amides is 1. The zero-order chi connectivity index (χ0) is 24.7. The smallest absolute Gasteiger partial charge is 0.256 e. The number of hydrogen-bond donors (Lipinski definition) is 3. The number of carbonyl (C=O) groups excluding carboxylic acids is 1. The van der Waals surface area contributed by atoms with Gasteiger partial charge in [0.15, 0.2) is 17.4 Å². The number of pyridine rings is 1. The summed E-state index contributed by atoms with van der Waals surface area (Å²) in [4.78, 5) is 25.5. The molecule has 0 fully saturated rings. The van der Waals surface area contributed by atoms with Crippen molar-refractivity contribution in [2.75, 3.05) is 36.8 Å². The van der Waals surface area contributed by atoms with Crippen molar-refractivity contribution in [2.24, 2.45) is 4.36 Å². The molecule has 0 radical (unpaired) electrons. The Kier molecular flexibility index (Phi) is 7.74. The van der Waals surface area contributed by atoms with Crippen LogP contribution in [0, 0.1) is 5.82 Å². The molecule has 34 heavy (non-hydrogen) atoms. The normalized spacial score (nSPS) is 10.8. The Bertz CT molecular complexity index is 1330. The van der Waals surface area contributed by atoms with E-state index in [-0.39, 0.29) is 35.4 Å². The van der Waals surface area contributed by atoms with Crippen LogP contribution in [-0.4, -0.2) is 51.2 Å². The molecule has 0 saturated heterocycles. The van der Waals surface area contributed by atoms with Crippen LogP contribution in [0.25, 0.3) is 0 Å². The molecule has 1 amide bonds. The molecule has 3 aromatic rings. The summed E-state index contributed by atoms with van der Waals surface area (Å²) < 4.78 is 34.8. The minimum atomic E-state index is -2.41. The third-order valence-electron chi connectivity index (χ3n) is 4.14.